The summed E-state index contributed by atoms with van der Waals surface area (Å²) in [6.07, 6.45) is 80.9. The topological polar surface area (TPSA) is 78.9 Å². The van der Waals surface area contributed by atoms with Crippen LogP contribution in [0.2, 0.25) is 0 Å². The Morgan fingerprint density at radius 1 is 0.267 bits per heavy atom. The molecule has 0 N–H and O–H groups in total. The summed E-state index contributed by atoms with van der Waals surface area (Å²) < 4.78 is 16.9. The second-order valence-corrected chi connectivity index (χ2v) is 22.0. The van der Waals surface area contributed by atoms with Crippen LogP contribution >= 0.6 is 0 Å². The summed E-state index contributed by atoms with van der Waals surface area (Å²) in [7, 11) is 0. The molecular weight excluding hydrogens is 925 g/mol. The monoisotopic (exact) mass is 1050 g/mol. The summed E-state index contributed by atoms with van der Waals surface area (Å²) in [4.78, 5) is 38.3. The molecule has 0 saturated heterocycles. The average molecular weight is 1050 g/mol. The number of carbonyl (C=O) groups is 3. The second kappa shape index (κ2) is 63.6. The third-order valence-corrected chi connectivity index (χ3v) is 14.5. The van der Waals surface area contributed by atoms with Crippen molar-refractivity contribution in [3.63, 3.8) is 0 Å². The Hall–Kier alpha value is -2.89. The molecule has 0 saturated carbocycles. The largest absolute Gasteiger partial charge is 0.462 e. The molecule has 0 spiro atoms. The van der Waals surface area contributed by atoms with E-state index >= 15 is 0 Å². The Bertz CT molecular complexity index is 1340. The molecule has 0 fully saturated rings. The van der Waals surface area contributed by atoms with Gasteiger partial charge in [0.1, 0.15) is 13.2 Å². The van der Waals surface area contributed by atoms with Crippen molar-refractivity contribution in [2.45, 2.75) is 348 Å². The van der Waals surface area contributed by atoms with Gasteiger partial charge in [0.25, 0.3) is 0 Å². The Balaban J connectivity index is 4.25. The molecule has 0 aliphatic carbocycles. The number of unbranched alkanes of at least 4 members (excludes halogenated alkanes) is 39. The number of hydrogen-bond donors (Lipinski definition) is 0. The lowest BCUT2D eigenvalue weighted by Crippen LogP contribution is -2.30. The Morgan fingerprint density at radius 3 is 0.800 bits per heavy atom. The second-order valence-electron chi connectivity index (χ2n) is 22.0. The summed E-state index contributed by atoms with van der Waals surface area (Å²) in [5.41, 5.74) is 0. The number of esters is 3. The molecule has 1 atom stereocenters. The van der Waals surface area contributed by atoms with Crippen LogP contribution in [0.5, 0.6) is 0 Å². The van der Waals surface area contributed by atoms with Crippen molar-refractivity contribution < 1.29 is 28.6 Å². The first-order chi connectivity index (χ1) is 37.0. The molecule has 0 rings (SSSR count). The molecule has 0 radical (unpaired) electrons. The highest BCUT2D eigenvalue weighted by molar-refractivity contribution is 5.71. The standard InChI is InChI=1S/C69H124O6/c1-4-7-10-13-16-19-22-25-27-29-30-31-32-33-34-35-36-37-38-40-41-44-47-50-53-56-59-62-68(71)74-65-66(64-73-67(70)61-58-55-52-49-46-43-24-21-18-15-12-9-6-3)75-69(72)63-60-57-54-51-48-45-42-39-28-26-23-20-17-14-11-8-5-2/h12,15,21-22,24-25,29-30,32-33,66H,4-11,13-14,16-20,23,26-28,31,34-65H2,1-3H3/b15-12-,24-21-,25-22-,30-29-,33-32-. The molecule has 1 unspecified atom stereocenters. The fourth-order valence-corrected chi connectivity index (χ4v) is 9.55. The van der Waals surface area contributed by atoms with Gasteiger partial charge in [0.2, 0.25) is 0 Å². The zero-order chi connectivity index (χ0) is 54.3. The Morgan fingerprint density at radius 2 is 0.507 bits per heavy atom. The van der Waals surface area contributed by atoms with Crippen LogP contribution in [0.15, 0.2) is 60.8 Å². The van der Waals surface area contributed by atoms with Gasteiger partial charge in [-0.3, -0.25) is 14.4 Å². The van der Waals surface area contributed by atoms with Crippen molar-refractivity contribution in [1.29, 1.82) is 0 Å². The minimum Gasteiger partial charge on any atom is -0.462 e. The van der Waals surface area contributed by atoms with E-state index in [9.17, 15) is 14.4 Å². The van der Waals surface area contributed by atoms with Gasteiger partial charge >= 0.3 is 17.9 Å². The van der Waals surface area contributed by atoms with E-state index in [4.69, 9.17) is 14.2 Å². The third kappa shape index (κ3) is 61.8. The molecule has 0 aliphatic heterocycles. The Kier molecular flexibility index (Phi) is 61.2. The molecular formula is C69H124O6. The number of hydrogen-bond acceptors (Lipinski definition) is 6. The van der Waals surface area contributed by atoms with Crippen LogP contribution < -0.4 is 0 Å². The highest BCUT2D eigenvalue weighted by Crippen LogP contribution is 2.17. The van der Waals surface area contributed by atoms with Crippen LogP contribution in [0.3, 0.4) is 0 Å². The lowest BCUT2D eigenvalue weighted by Gasteiger charge is -2.18. The van der Waals surface area contributed by atoms with Gasteiger partial charge in [0.05, 0.1) is 0 Å². The lowest BCUT2D eigenvalue weighted by molar-refractivity contribution is -0.167. The molecule has 0 bridgehead atoms. The van der Waals surface area contributed by atoms with Crippen molar-refractivity contribution in [3.05, 3.63) is 60.8 Å². The van der Waals surface area contributed by atoms with Crippen LogP contribution in [0.25, 0.3) is 0 Å². The van der Waals surface area contributed by atoms with E-state index in [-0.39, 0.29) is 31.1 Å². The van der Waals surface area contributed by atoms with Crippen LogP contribution in [-0.2, 0) is 28.6 Å². The van der Waals surface area contributed by atoms with Crippen LogP contribution in [0.4, 0.5) is 0 Å². The van der Waals surface area contributed by atoms with Crippen LogP contribution in [0, 0.1) is 0 Å². The van der Waals surface area contributed by atoms with E-state index in [1.807, 2.05) is 0 Å². The highest BCUT2D eigenvalue weighted by atomic mass is 16.6. The minimum absolute atomic E-state index is 0.0763. The van der Waals surface area contributed by atoms with Gasteiger partial charge in [-0.1, -0.05) is 300 Å². The maximum atomic E-state index is 12.9. The van der Waals surface area contributed by atoms with Gasteiger partial charge in [-0.05, 0) is 83.5 Å². The molecule has 75 heavy (non-hydrogen) atoms. The molecule has 0 aromatic carbocycles. The zero-order valence-corrected chi connectivity index (χ0v) is 50.1. The zero-order valence-electron chi connectivity index (χ0n) is 50.1. The van der Waals surface area contributed by atoms with Crippen molar-refractivity contribution in [3.8, 4) is 0 Å². The Labute approximate surface area is 466 Å². The van der Waals surface area contributed by atoms with E-state index in [1.54, 1.807) is 0 Å². The normalized spacial score (nSPS) is 12.4. The molecule has 0 heterocycles. The van der Waals surface area contributed by atoms with Gasteiger partial charge in [-0.2, -0.15) is 0 Å². The van der Waals surface area contributed by atoms with Gasteiger partial charge in [-0.15, -0.1) is 0 Å². The average Bonchev–Trinajstić information content (AvgIpc) is 3.41. The van der Waals surface area contributed by atoms with Crippen molar-refractivity contribution in [2.75, 3.05) is 13.2 Å². The first-order valence-corrected chi connectivity index (χ1v) is 32.8. The summed E-state index contributed by atoms with van der Waals surface area (Å²) in [6.45, 7) is 6.60. The van der Waals surface area contributed by atoms with E-state index < -0.39 is 6.10 Å². The van der Waals surface area contributed by atoms with Crippen molar-refractivity contribution in [2.24, 2.45) is 0 Å². The SMILES string of the molecule is CCC/C=C\C/C=C\CCCCCCCC(=O)OCC(COC(=O)CCCCCCCCCCCCCC/C=C\C/C=C\C/C=C\CCCCCCC)OC(=O)CCCCCCCCCCCCCCCCCCC. The molecule has 0 aliphatic rings. The van der Waals surface area contributed by atoms with E-state index in [0.29, 0.717) is 19.3 Å². The number of carbonyl (C=O) groups excluding carboxylic acids is 3. The number of rotatable bonds is 60. The maximum absolute atomic E-state index is 12.9. The van der Waals surface area contributed by atoms with Crippen LogP contribution in [-0.4, -0.2) is 37.2 Å². The van der Waals surface area contributed by atoms with E-state index in [1.165, 1.54) is 205 Å². The molecule has 0 aromatic rings. The number of ether oxygens (including phenoxy) is 3. The predicted molar refractivity (Wildman–Crippen MR) is 325 cm³/mol. The fraction of sp³-hybridized carbons (Fsp3) is 0.812. The lowest BCUT2D eigenvalue weighted by atomic mass is 10.0. The van der Waals surface area contributed by atoms with Gasteiger partial charge in [0, 0.05) is 19.3 Å². The summed E-state index contributed by atoms with van der Waals surface area (Å²) in [5.74, 6) is -0.874. The fourth-order valence-electron chi connectivity index (χ4n) is 9.55. The predicted octanol–water partition coefficient (Wildman–Crippen LogP) is 22.3. The molecule has 0 amide bonds. The summed E-state index contributed by atoms with van der Waals surface area (Å²) in [6, 6.07) is 0. The van der Waals surface area contributed by atoms with Crippen molar-refractivity contribution in [1.82, 2.24) is 0 Å². The minimum atomic E-state index is -0.779. The van der Waals surface area contributed by atoms with E-state index in [0.717, 1.165) is 96.3 Å². The quantitative estimate of drug-likeness (QED) is 0.0261. The summed E-state index contributed by atoms with van der Waals surface area (Å²) >= 11 is 0. The van der Waals surface area contributed by atoms with Gasteiger partial charge < -0.3 is 14.2 Å². The summed E-state index contributed by atoms with van der Waals surface area (Å²) in [5, 5.41) is 0. The smallest absolute Gasteiger partial charge is 0.306 e. The van der Waals surface area contributed by atoms with Gasteiger partial charge in [0.15, 0.2) is 6.10 Å². The van der Waals surface area contributed by atoms with Gasteiger partial charge in [-0.25, -0.2) is 0 Å². The molecule has 436 valence electrons. The van der Waals surface area contributed by atoms with Crippen LogP contribution in [0.1, 0.15) is 342 Å². The molecule has 6 nitrogen and oxygen atoms in total. The molecule has 6 heteroatoms. The third-order valence-electron chi connectivity index (χ3n) is 14.5. The van der Waals surface area contributed by atoms with E-state index in [2.05, 4.69) is 81.5 Å². The first-order valence-electron chi connectivity index (χ1n) is 32.8. The first kappa shape index (κ1) is 72.1. The van der Waals surface area contributed by atoms with Crippen molar-refractivity contribution >= 4 is 17.9 Å². The highest BCUT2D eigenvalue weighted by Gasteiger charge is 2.19. The molecule has 0 aromatic heterocycles. The number of allylic oxidation sites excluding steroid dienone is 10. The maximum Gasteiger partial charge on any atom is 0.306 e.